The summed E-state index contributed by atoms with van der Waals surface area (Å²) in [5.74, 6) is -0.421. The largest absolute Gasteiger partial charge is 0.380 e. The lowest BCUT2D eigenvalue weighted by atomic mass is 10.1. The molecule has 0 radical (unpaired) electrons. The first-order chi connectivity index (χ1) is 11.1. The van der Waals surface area contributed by atoms with Crippen LogP contribution in [0.15, 0.2) is 18.2 Å². The molecule has 2 N–H and O–H groups in total. The van der Waals surface area contributed by atoms with Gasteiger partial charge in [0.25, 0.3) is 0 Å². The Hall–Kier alpha value is -1.37. The van der Waals surface area contributed by atoms with Crippen LogP contribution in [-0.4, -0.2) is 50.3 Å². The van der Waals surface area contributed by atoms with Gasteiger partial charge in [-0.25, -0.2) is 9.18 Å². The Morgan fingerprint density at radius 2 is 2.26 bits per heavy atom. The maximum absolute atomic E-state index is 13.8. The van der Waals surface area contributed by atoms with Gasteiger partial charge in [-0.3, -0.25) is 4.90 Å². The van der Waals surface area contributed by atoms with Gasteiger partial charge < -0.3 is 15.4 Å². The van der Waals surface area contributed by atoms with Gasteiger partial charge in [-0.2, -0.15) is 0 Å². The number of rotatable bonds is 5. The summed E-state index contributed by atoms with van der Waals surface area (Å²) in [6.07, 6.45) is 1.01. The van der Waals surface area contributed by atoms with Crippen molar-refractivity contribution in [3.8, 4) is 0 Å². The van der Waals surface area contributed by atoms with E-state index in [1.807, 2.05) is 0 Å². The normalized spacial score (nSPS) is 17.3. The van der Waals surface area contributed by atoms with Crippen LogP contribution in [0.2, 0.25) is 5.02 Å². The van der Waals surface area contributed by atoms with Crippen molar-refractivity contribution < 1.29 is 13.9 Å². The molecular formula is C16H23ClFN3O2. The van der Waals surface area contributed by atoms with Gasteiger partial charge in [0.2, 0.25) is 0 Å². The molecule has 128 valence electrons. The van der Waals surface area contributed by atoms with Crippen molar-refractivity contribution in [2.75, 3.05) is 39.4 Å². The number of carbonyl (C=O) groups is 1. The minimum atomic E-state index is -0.504. The number of hydrogen-bond acceptors (Lipinski definition) is 3. The molecule has 1 saturated heterocycles. The van der Waals surface area contributed by atoms with Gasteiger partial charge in [0.05, 0.1) is 12.6 Å². The maximum atomic E-state index is 13.8. The zero-order valence-electron chi connectivity index (χ0n) is 13.3. The second kappa shape index (κ2) is 9.05. The van der Waals surface area contributed by atoms with Gasteiger partial charge in [-0.05, 0) is 25.5 Å². The van der Waals surface area contributed by atoms with E-state index in [0.717, 1.165) is 39.3 Å². The Morgan fingerprint density at radius 1 is 1.43 bits per heavy atom. The number of ether oxygens (including phenoxy) is 1. The summed E-state index contributed by atoms with van der Waals surface area (Å²) >= 11 is 6.00. The first-order valence-electron chi connectivity index (χ1n) is 7.86. The Labute approximate surface area is 141 Å². The molecule has 2 rings (SSSR count). The molecule has 0 saturated carbocycles. The summed E-state index contributed by atoms with van der Waals surface area (Å²) in [6, 6.07) is 3.65. The highest BCUT2D eigenvalue weighted by molar-refractivity contribution is 6.31. The molecule has 0 bridgehead atoms. The molecule has 1 aromatic carbocycles. The lowest BCUT2D eigenvalue weighted by Crippen LogP contribution is -2.41. The number of halogens is 2. The summed E-state index contributed by atoms with van der Waals surface area (Å²) < 4.78 is 19.2. The molecule has 2 amide bonds. The van der Waals surface area contributed by atoms with Gasteiger partial charge in [0.15, 0.2) is 0 Å². The minimum Gasteiger partial charge on any atom is -0.380 e. The summed E-state index contributed by atoms with van der Waals surface area (Å²) in [5, 5.41) is 5.81. The molecular weight excluding hydrogens is 321 g/mol. The summed E-state index contributed by atoms with van der Waals surface area (Å²) in [5.41, 5.74) is 0.300. The number of amides is 2. The van der Waals surface area contributed by atoms with E-state index >= 15 is 0 Å². The molecule has 0 aliphatic carbocycles. The molecule has 1 aromatic rings. The number of benzene rings is 1. The van der Waals surface area contributed by atoms with Gasteiger partial charge in [-0.15, -0.1) is 0 Å². The van der Waals surface area contributed by atoms with E-state index in [9.17, 15) is 9.18 Å². The third-order valence-corrected chi connectivity index (χ3v) is 4.14. The van der Waals surface area contributed by atoms with Gasteiger partial charge in [0.1, 0.15) is 5.82 Å². The number of nitrogens with one attached hydrogen (secondary N) is 2. The fourth-order valence-corrected chi connectivity index (χ4v) is 2.92. The summed E-state index contributed by atoms with van der Waals surface area (Å²) in [6.45, 7) is 6.39. The molecule has 1 fully saturated rings. The fraction of sp³-hybridized carbons (Fsp3) is 0.562. The van der Waals surface area contributed by atoms with Crippen molar-refractivity contribution >= 4 is 17.6 Å². The molecule has 1 atom stereocenters. The monoisotopic (exact) mass is 343 g/mol. The maximum Gasteiger partial charge on any atom is 0.315 e. The molecule has 1 heterocycles. The number of carbonyl (C=O) groups excluding carboxylic acids is 1. The number of urea groups is 1. The summed E-state index contributed by atoms with van der Waals surface area (Å²) in [7, 11) is 0. The van der Waals surface area contributed by atoms with Crippen LogP contribution < -0.4 is 10.6 Å². The fourth-order valence-electron chi connectivity index (χ4n) is 2.59. The van der Waals surface area contributed by atoms with Crippen molar-refractivity contribution in [1.82, 2.24) is 15.5 Å². The van der Waals surface area contributed by atoms with Crippen molar-refractivity contribution in [3.63, 3.8) is 0 Å². The molecule has 7 heteroatoms. The number of hydrogen-bond donors (Lipinski definition) is 2. The lowest BCUT2D eigenvalue weighted by molar-refractivity contribution is 0.141. The van der Waals surface area contributed by atoms with Crippen molar-refractivity contribution in [2.24, 2.45) is 0 Å². The molecule has 1 unspecified atom stereocenters. The highest BCUT2D eigenvalue weighted by Gasteiger charge is 2.17. The average Bonchev–Trinajstić information content (AvgIpc) is 2.75. The lowest BCUT2D eigenvalue weighted by Gasteiger charge is -2.20. The van der Waals surface area contributed by atoms with Gasteiger partial charge in [-0.1, -0.05) is 17.7 Å². The standard InChI is InChI=1S/C16H23ClFN3O2/c1-12(15-13(17)4-2-5-14(15)18)20-16(22)19-6-8-21-7-3-10-23-11-9-21/h2,4-5,12H,3,6-11H2,1H3,(H2,19,20,22). The highest BCUT2D eigenvalue weighted by Crippen LogP contribution is 2.25. The van der Waals surface area contributed by atoms with Gasteiger partial charge in [0, 0.05) is 43.4 Å². The SMILES string of the molecule is CC(NC(=O)NCCN1CCCOCC1)c1c(F)cccc1Cl. The van der Waals surface area contributed by atoms with Crippen molar-refractivity contribution in [2.45, 2.75) is 19.4 Å². The van der Waals surface area contributed by atoms with Crippen LogP contribution in [0.1, 0.15) is 24.9 Å². The topological polar surface area (TPSA) is 53.6 Å². The first kappa shape index (κ1) is 18.0. The molecule has 23 heavy (non-hydrogen) atoms. The number of nitrogens with zero attached hydrogens (tertiary/aromatic N) is 1. The quantitative estimate of drug-likeness (QED) is 0.864. The van der Waals surface area contributed by atoms with Crippen LogP contribution >= 0.6 is 11.6 Å². The predicted molar refractivity (Wildman–Crippen MR) is 88.2 cm³/mol. The van der Waals surface area contributed by atoms with Gasteiger partial charge >= 0.3 is 6.03 Å². The molecule has 1 aliphatic heterocycles. The second-order valence-corrected chi connectivity index (χ2v) is 5.97. The van der Waals surface area contributed by atoms with Crippen LogP contribution in [0.25, 0.3) is 0 Å². The smallest absolute Gasteiger partial charge is 0.315 e. The Bertz CT molecular complexity index is 502. The predicted octanol–water partition coefficient (Wildman–Crippen LogP) is 2.56. The molecule has 0 aromatic heterocycles. The van der Waals surface area contributed by atoms with Crippen LogP contribution in [0, 0.1) is 5.82 Å². The Kier molecular flexibility index (Phi) is 7.08. The zero-order valence-corrected chi connectivity index (χ0v) is 14.0. The first-order valence-corrected chi connectivity index (χ1v) is 8.24. The third kappa shape index (κ3) is 5.64. The third-order valence-electron chi connectivity index (χ3n) is 3.81. The van der Waals surface area contributed by atoms with Crippen molar-refractivity contribution in [3.05, 3.63) is 34.6 Å². The Morgan fingerprint density at radius 3 is 3.04 bits per heavy atom. The zero-order chi connectivity index (χ0) is 16.7. The van der Waals surface area contributed by atoms with Crippen molar-refractivity contribution in [1.29, 1.82) is 0 Å². The summed E-state index contributed by atoms with van der Waals surface area (Å²) in [4.78, 5) is 14.2. The van der Waals surface area contributed by atoms with Crippen LogP contribution in [0.4, 0.5) is 9.18 Å². The van der Waals surface area contributed by atoms with E-state index in [-0.39, 0.29) is 6.03 Å². The molecule has 1 aliphatic rings. The van der Waals surface area contributed by atoms with E-state index in [0.29, 0.717) is 17.1 Å². The van der Waals surface area contributed by atoms with Crippen LogP contribution in [0.5, 0.6) is 0 Å². The molecule has 5 nitrogen and oxygen atoms in total. The second-order valence-electron chi connectivity index (χ2n) is 5.56. The van der Waals surface area contributed by atoms with Crippen LogP contribution in [0.3, 0.4) is 0 Å². The molecule has 0 spiro atoms. The minimum absolute atomic E-state index is 0.300. The average molecular weight is 344 g/mol. The van der Waals surface area contributed by atoms with Crippen LogP contribution in [-0.2, 0) is 4.74 Å². The van der Waals surface area contributed by atoms with E-state index in [1.54, 1.807) is 19.1 Å². The van der Waals surface area contributed by atoms with E-state index in [4.69, 9.17) is 16.3 Å². The van der Waals surface area contributed by atoms with E-state index < -0.39 is 11.9 Å². The van der Waals surface area contributed by atoms with E-state index in [2.05, 4.69) is 15.5 Å². The highest BCUT2D eigenvalue weighted by atomic mass is 35.5. The Balaban J connectivity index is 1.75. The van der Waals surface area contributed by atoms with E-state index in [1.165, 1.54) is 6.07 Å².